The minimum absolute atomic E-state index is 0.142. The summed E-state index contributed by atoms with van der Waals surface area (Å²) in [5, 5.41) is 5.80. The second kappa shape index (κ2) is 8.73. The monoisotopic (exact) mass is 388 g/mol. The summed E-state index contributed by atoms with van der Waals surface area (Å²) in [6.07, 6.45) is 8.99. The maximum absolute atomic E-state index is 12.2. The fourth-order valence-electron chi connectivity index (χ4n) is 3.70. The minimum atomic E-state index is -0.144. The molecule has 0 bridgehead atoms. The standard InChI is InChI=1S/C23H24N4O2/c28-22(25-15-19-4-1-2-7-21(19)27-13-12-24-16-27)10-11-23(29)26-20-9-8-17-5-3-6-18(17)14-20/h1-2,4,7-9,12-14,16H,3,5-6,10-11,15H2,(H,25,28)(H,26,29). The number of carbonyl (C=O) groups is 2. The molecule has 29 heavy (non-hydrogen) atoms. The van der Waals surface area contributed by atoms with Crippen molar-refractivity contribution in [2.24, 2.45) is 0 Å². The number of amides is 2. The van der Waals surface area contributed by atoms with Gasteiger partial charge in [-0.25, -0.2) is 4.98 Å². The van der Waals surface area contributed by atoms with Gasteiger partial charge < -0.3 is 15.2 Å². The van der Waals surface area contributed by atoms with E-state index in [0.717, 1.165) is 29.8 Å². The zero-order valence-electron chi connectivity index (χ0n) is 16.2. The van der Waals surface area contributed by atoms with Gasteiger partial charge in [0.2, 0.25) is 11.8 Å². The molecule has 1 aliphatic rings. The van der Waals surface area contributed by atoms with Crippen molar-refractivity contribution >= 4 is 17.5 Å². The molecule has 2 N–H and O–H groups in total. The van der Waals surface area contributed by atoms with E-state index in [1.165, 1.54) is 17.5 Å². The summed E-state index contributed by atoms with van der Waals surface area (Å²) >= 11 is 0. The predicted molar refractivity (Wildman–Crippen MR) is 112 cm³/mol. The average Bonchev–Trinajstić information content (AvgIpc) is 3.42. The lowest BCUT2D eigenvalue weighted by Crippen LogP contribution is -2.25. The number of para-hydroxylation sites is 1. The highest BCUT2D eigenvalue weighted by molar-refractivity contribution is 5.93. The van der Waals surface area contributed by atoms with E-state index in [1.54, 1.807) is 12.5 Å². The van der Waals surface area contributed by atoms with E-state index in [4.69, 9.17) is 0 Å². The van der Waals surface area contributed by atoms with Gasteiger partial charge in [0.05, 0.1) is 12.0 Å². The van der Waals surface area contributed by atoms with Gasteiger partial charge in [0.1, 0.15) is 0 Å². The van der Waals surface area contributed by atoms with Gasteiger partial charge in [-0.05, 0) is 54.2 Å². The Bertz CT molecular complexity index is 1010. The molecule has 2 aromatic carbocycles. The van der Waals surface area contributed by atoms with Crippen molar-refractivity contribution in [1.29, 1.82) is 0 Å². The molecule has 0 saturated carbocycles. The number of nitrogens with zero attached hydrogens (tertiary/aromatic N) is 2. The zero-order chi connectivity index (χ0) is 20.1. The van der Waals surface area contributed by atoms with Gasteiger partial charge >= 0.3 is 0 Å². The highest BCUT2D eigenvalue weighted by atomic mass is 16.2. The number of rotatable bonds is 7. The van der Waals surface area contributed by atoms with Gasteiger partial charge in [-0.1, -0.05) is 24.3 Å². The molecular weight excluding hydrogens is 364 g/mol. The minimum Gasteiger partial charge on any atom is -0.352 e. The van der Waals surface area contributed by atoms with E-state index >= 15 is 0 Å². The summed E-state index contributed by atoms with van der Waals surface area (Å²) in [5.74, 6) is -0.286. The molecule has 148 valence electrons. The maximum Gasteiger partial charge on any atom is 0.224 e. The normalized spacial score (nSPS) is 12.4. The van der Waals surface area contributed by atoms with Gasteiger partial charge in [0.25, 0.3) is 0 Å². The fraction of sp³-hybridized carbons (Fsp3) is 0.261. The molecule has 1 heterocycles. The number of hydrogen-bond donors (Lipinski definition) is 2. The Balaban J connectivity index is 1.26. The van der Waals surface area contributed by atoms with E-state index < -0.39 is 0 Å². The number of hydrogen-bond acceptors (Lipinski definition) is 3. The van der Waals surface area contributed by atoms with Crippen LogP contribution in [-0.2, 0) is 29.0 Å². The number of carbonyl (C=O) groups excluding carboxylic acids is 2. The molecule has 1 aromatic heterocycles. The molecule has 0 unspecified atom stereocenters. The molecule has 0 fully saturated rings. The average molecular weight is 388 g/mol. The number of fused-ring (bicyclic) bond motifs is 1. The molecule has 1 aliphatic carbocycles. The van der Waals surface area contributed by atoms with Crippen molar-refractivity contribution in [3.05, 3.63) is 77.9 Å². The van der Waals surface area contributed by atoms with Crippen LogP contribution in [0.2, 0.25) is 0 Å². The number of imidazole rings is 1. The largest absolute Gasteiger partial charge is 0.352 e. The molecular formula is C23H24N4O2. The molecule has 2 amide bonds. The van der Waals surface area contributed by atoms with Crippen LogP contribution >= 0.6 is 0 Å². The van der Waals surface area contributed by atoms with E-state index in [2.05, 4.69) is 21.7 Å². The Hall–Kier alpha value is -3.41. The first-order valence-corrected chi connectivity index (χ1v) is 9.93. The van der Waals surface area contributed by atoms with Gasteiger partial charge in [-0.2, -0.15) is 0 Å². The third-order valence-electron chi connectivity index (χ3n) is 5.21. The molecule has 0 atom stereocenters. The number of nitrogens with one attached hydrogen (secondary N) is 2. The van der Waals surface area contributed by atoms with E-state index in [1.807, 2.05) is 47.2 Å². The summed E-state index contributed by atoms with van der Waals surface area (Å²) in [6, 6.07) is 13.9. The van der Waals surface area contributed by atoms with Crippen LogP contribution in [0.1, 0.15) is 36.0 Å². The summed E-state index contributed by atoms with van der Waals surface area (Å²) in [5.41, 5.74) is 5.46. The van der Waals surface area contributed by atoms with E-state index in [0.29, 0.717) is 6.54 Å². The van der Waals surface area contributed by atoms with Crippen LogP contribution in [0.25, 0.3) is 5.69 Å². The second-order valence-corrected chi connectivity index (χ2v) is 7.26. The molecule has 6 heteroatoms. The quantitative estimate of drug-likeness (QED) is 0.651. The van der Waals surface area contributed by atoms with Crippen LogP contribution in [0.4, 0.5) is 5.69 Å². The van der Waals surface area contributed by atoms with E-state index in [-0.39, 0.29) is 24.7 Å². The highest BCUT2D eigenvalue weighted by Crippen LogP contribution is 2.25. The topological polar surface area (TPSA) is 76.0 Å². The lowest BCUT2D eigenvalue weighted by atomic mass is 10.1. The highest BCUT2D eigenvalue weighted by Gasteiger charge is 2.13. The smallest absolute Gasteiger partial charge is 0.224 e. The van der Waals surface area contributed by atoms with Crippen LogP contribution in [-0.4, -0.2) is 21.4 Å². The number of anilines is 1. The second-order valence-electron chi connectivity index (χ2n) is 7.26. The first-order chi connectivity index (χ1) is 14.2. The van der Waals surface area contributed by atoms with Crippen molar-refractivity contribution in [1.82, 2.24) is 14.9 Å². The van der Waals surface area contributed by atoms with E-state index in [9.17, 15) is 9.59 Å². The number of benzene rings is 2. The van der Waals surface area contributed by atoms with Gasteiger partial charge in [0.15, 0.2) is 0 Å². The van der Waals surface area contributed by atoms with Crippen LogP contribution in [0, 0.1) is 0 Å². The van der Waals surface area contributed by atoms with Crippen LogP contribution in [0.3, 0.4) is 0 Å². The Kier molecular flexibility index (Phi) is 5.70. The SMILES string of the molecule is O=C(CCC(=O)Nc1ccc2c(c1)CCC2)NCc1ccccc1-n1ccnc1. The number of aryl methyl sites for hydroxylation is 2. The Labute approximate surface area is 170 Å². The van der Waals surface area contributed by atoms with Gasteiger partial charge in [0, 0.05) is 37.5 Å². The van der Waals surface area contributed by atoms with Crippen molar-refractivity contribution in [3.8, 4) is 5.69 Å². The summed E-state index contributed by atoms with van der Waals surface area (Å²) in [4.78, 5) is 28.5. The van der Waals surface area contributed by atoms with Crippen molar-refractivity contribution in [2.75, 3.05) is 5.32 Å². The number of aromatic nitrogens is 2. The lowest BCUT2D eigenvalue weighted by molar-refractivity contribution is -0.124. The maximum atomic E-state index is 12.2. The molecule has 0 saturated heterocycles. The summed E-state index contributed by atoms with van der Waals surface area (Å²) < 4.78 is 1.91. The Morgan fingerprint density at radius 3 is 2.69 bits per heavy atom. The molecule has 3 aromatic rings. The fourth-order valence-corrected chi connectivity index (χ4v) is 3.70. The molecule has 6 nitrogen and oxygen atoms in total. The van der Waals surface area contributed by atoms with Crippen molar-refractivity contribution in [3.63, 3.8) is 0 Å². The Morgan fingerprint density at radius 2 is 1.83 bits per heavy atom. The zero-order valence-corrected chi connectivity index (χ0v) is 16.2. The molecule has 0 spiro atoms. The molecule has 4 rings (SSSR count). The van der Waals surface area contributed by atoms with Crippen molar-refractivity contribution in [2.45, 2.75) is 38.6 Å². The lowest BCUT2D eigenvalue weighted by Gasteiger charge is -2.11. The van der Waals surface area contributed by atoms with Crippen LogP contribution in [0.15, 0.2) is 61.2 Å². The van der Waals surface area contributed by atoms with Gasteiger partial charge in [-0.15, -0.1) is 0 Å². The first kappa shape index (κ1) is 18.9. The molecule has 0 aliphatic heterocycles. The van der Waals surface area contributed by atoms with Crippen LogP contribution < -0.4 is 10.6 Å². The Morgan fingerprint density at radius 1 is 1.00 bits per heavy atom. The van der Waals surface area contributed by atoms with Crippen LogP contribution in [0.5, 0.6) is 0 Å². The summed E-state index contributed by atoms with van der Waals surface area (Å²) in [6.45, 7) is 0.402. The third-order valence-corrected chi connectivity index (χ3v) is 5.21. The first-order valence-electron chi connectivity index (χ1n) is 9.93. The summed E-state index contributed by atoms with van der Waals surface area (Å²) in [7, 11) is 0. The van der Waals surface area contributed by atoms with Crippen molar-refractivity contribution < 1.29 is 9.59 Å². The third kappa shape index (κ3) is 4.71. The molecule has 0 radical (unpaired) electrons. The predicted octanol–water partition coefficient (Wildman–Crippen LogP) is 3.40. The van der Waals surface area contributed by atoms with Gasteiger partial charge in [-0.3, -0.25) is 9.59 Å².